The fraction of sp³-hybridized carbons (Fsp3) is 0.353. The number of hydrogen-bond acceptors (Lipinski definition) is 4. The van der Waals surface area contributed by atoms with Crippen molar-refractivity contribution in [1.82, 2.24) is 4.90 Å². The maximum absolute atomic E-state index is 12.0. The van der Waals surface area contributed by atoms with Gasteiger partial charge in [0.2, 0.25) is 5.91 Å². The molecule has 3 N–H and O–H groups in total. The lowest BCUT2D eigenvalue weighted by atomic mass is 10.1. The number of benzene rings is 1. The third kappa shape index (κ3) is 4.25. The highest BCUT2D eigenvalue weighted by molar-refractivity contribution is 7.10. The van der Waals surface area contributed by atoms with Gasteiger partial charge in [-0.05, 0) is 54.6 Å². The molecule has 6 heteroatoms. The van der Waals surface area contributed by atoms with Crippen molar-refractivity contribution in [2.75, 3.05) is 24.1 Å². The number of amides is 1. The maximum Gasteiger partial charge on any atom is 0.224 e. The summed E-state index contributed by atoms with van der Waals surface area (Å²) in [5.41, 5.74) is 8.30. The van der Waals surface area contributed by atoms with Crippen molar-refractivity contribution < 1.29 is 4.79 Å². The van der Waals surface area contributed by atoms with Gasteiger partial charge in [-0.25, -0.2) is 0 Å². The summed E-state index contributed by atoms with van der Waals surface area (Å²) >= 11 is 7.91. The Morgan fingerprint density at radius 2 is 2.26 bits per heavy atom. The molecule has 0 bridgehead atoms. The van der Waals surface area contributed by atoms with Crippen LogP contribution < -0.4 is 11.1 Å². The number of carbonyl (C=O) groups excluding carboxylic acids is 1. The Bertz CT molecular complexity index is 701. The lowest BCUT2D eigenvalue weighted by Gasteiger charge is -2.26. The lowest BCUT2D eigenvalue weighted by molar-refractivity contribution is -0.116. The van der Waals surface area contributed by atoms with Crippen molar-refractivity contribution in [3.8, 4) is 0 Å². The van der Waals surface area contributed by atoms with E-state index < -0.39 is 0 Å². The monoisotopic (exact) mass is 349 g/mol. The first-order valence-electron chi connectivity index (χ1n) is 7.74. The molecule has 0 atom stereocenters. The zero-order valence-electron chi connectivity index (χ0n) is 12.8. The van der Waals surface area contributed by atoms with Crippen LogP contribution in [-0.4, -0.2) is 23.9 Å². The van der Waals surface area contributed by atoms with Gasteiger partial charge in [0, 0.05) is 30.1 Å². The van der Waals surface area contributed by atoms with Crippen LogP contribution >= 0.6 is 22.9 Å². The molecule has 1 aromatic carbocycles. The molecule has 2 aromatic rings. The highest BCUT2D eigenvalue weighted by Gasteiger charge is 2.17. The normalized spacial score (nSPS) is 14.5. The molecule has 0 saturated heterocycles. The van der Waals surface area contributed by atoms with E-state index in [1.165, 1.54) is 10.4 Å². The van der Waals surface area contributed by atoms with Gasteiger partial charge in [-0.15, -0.1) is 11.3 Å². The van der Waals surface area contributed by atoms with Crippen molar-refractivity contribution in [1.29, 1.82) is 0 Å². The van der Waals surface area contributed by atoms with Crippen LogP contribution in [0.3, 0.4) is 0 Å². The number of nitrogens with two attached hydrogens (primary N) is 1. The summed E-state index contributed by atoms with van der Waals surface area (Å²) in [7, 11) is 0. The summed E-state index contributed by atoms with van der Waals surface area (Å²) in [5.74, 6) is -0.00935. The molecule has 122 valence electrons. The second-order valence-electron chi connectivity index (χ2n) is 5.79. The number of fused-ring (bicyclic) bond motifs is 1. The summed E-state index contributed by atoms with van der Waals surface area (Å²) in [6.45, 7) is 3.03. The fourth-order valence-electron chi connectivity index (χ4n) is 2.81. The Balaban J connectivity index is 1.43. The highest BCUT2D eigenvalue weighted by atomic mass is 35.5. The van der Waals surface area contributed by atoms with Gasteiger partial charge in [0.1, 0.15) is 0 Å². The molecule has 2 heterocycles. The molecule has 1 amide bonds. The Hall–Kier alpha value is -1.56. The molecule has 0 spiro atoms. The van der Waals surface area contributed by atoms with E-state index in [1.54, 1.807) is 18.2 Å². The third-order valence-corrected chi connectivity index (χ3v) is 5.37. The van der Waals surface area contributed by atoms with Crippen molar-refractivity contribution in [3.63, 3.8) is 0 Å². The summed E-state index contributed by atoms with van der Waals surface area (Å²) in [6, 6.07) is 7.32. The van der Waals surface area contributed by atoms with E-state index >= 15 is 0 Å². The van der Waals surface area contributed by atoms with Crippen molar-refractivity contribution in [3.05, 3.63) is 45.1 Å². The van der Waals surface area contributed by atoms with E-state index in [0.29, 0.717) is 22.8 Å². The van der Waals surface area contributed by atoms with Crippen LogP contribution in [0.2, 0.25) is 5.02 Å². The number of nitrogens with zero attached hydrogens (tertiary/aromatic N) is 1. The van der Waals surface area contributed by atoms with Crippen LogP contribution in [0, 0.1) is 0 Å². The molecule has 0 fully saturated rings. The second-order valence-corrected chi connectivity index (χ2v) is 7.19. The Morgan fingerprint density at radius 3 is 3.09 bits per heavy atom. The Morgan fingerprint density at radius 1 is 1.39 bits per heavy atom. The first kappa shape index (κ1) is 16.3. The molecule has 0 unspecified atom stereocenters. The molecule has 23 heavy (non-hydrogen) atoms. The van der Waals surface area contributed by atoms with Gasteiger partial charge in [-0.3, -0.25) is 9.69 Å². The largest absolute Gasteiger partial charge is 0.399 e. The number of anilines is 2. The summed E-state index contributed by atoms with van der Waals surface area (Å²) in [6.07, 6.45) is 2.46. The number of halogens is 1. The zero-order chi connectivity index (χ0) is 16.2. The van der Waals surface area contributed by atoms with E-state index in [2.05, 4.69) is 21.7 Å². The van der Waals surface area contributed by atoms with Gasteiger partial charge in [0.25, 0.3) is 0 Å². The molecule has 4 nitrogen and oxygen atoms in total. The van der Waals surface area contributed by atoms with Gasteiger partial charge in [0.15, 0.2) is 0 Å². The zero-order valence-corrected chi connectivity index (χ0v) is 14.4. The molecule has 1 aromatic heterocycles. The number of thiophene rings is 1. The van der Waals surface area contributed by atoms with Crippen LogP contribution in [-0.2, 0) is 17.8 Å². The van der Waals surface area contributed by atoms with E-state index in [0.717, 1.165) is 32.5 Å². The van der Waals surface area contributed by atoms with Crippen molar-refractivity contribution in [2.45, 2.75) is 25.8 Å². The quantitative estimate of drug-likeness (QED) is 0.808. The van der Waals surface area contributed by atoms with Crippen molar-refractivity contribution >= 4 is 40.2 Å². The predicted octanol–water partition coefficient (Wildman–Crippen LogP) is 3.76. The number of rotatable bonds is 5. The molecule has 1 aliphatic heterocycles. The molecule has 0 radical (unpaired) electrons. The van der Waals surface area contributed by atoms with Gasteiger partial charge >= 0.3 is 0 Å². The Kier molecular flexibility index (Phi) is 5.20. The summed E-state index contributed by atoms with van der Waals surface area (Å²) in [4.78, 5) is 16.0. The molecular weight excluding hydrogens is 330 g/mol. The molecular formula is C17H20ClN3OS. The van der Waals surface area contributed by atoms with Crippen LogP contribution in [0.5, 0.6) is 0 Å². The third-order valence-electron chi connectivity index (χ3n) is 4.03. The highest BCUT2D eigenvalue weighted by Crippen LogP contribution is 2.25. The average Bonchev–Trinajstić information content (AvgIpc) is 2.98. The smallest absolute Gasteiger partial charge is 0.224 e. The molecule has 0 aliphatic carbocycles. The van der Waals surface area contributed by atoms with E-state index in [4.69, 9.17) is 17.3 Å². The predicted molar refractivity (Wildman–Crippen MR) is 97.0 cm³/mol. The van der Waals surface area contributed by atoms with E-state index in [9.17, 15) is 4.79 Å². The first-order valence-corrected chi connectivity index (χ1v) is 9.00. The lowest BCUT2D eigenvalue weighted by Crippen LogP contribution is -2.31. The van der Waals surface area contributed by atoms with Gasteiger partial charge < -0.3 is 11.1 Å². The maximum atomic E-state index is 12.0. The molecule has 3 rings (SSSR count). The van der Waals surface area contributed by atoms with Gasteiger partial charge in [-0.2, -0.15) is 0 Å². The summed E-state index contributed by atoms with van der Waals surface area (Å²) < 4.78 is 0. The number of hydrogen-bond donors (Lipinski definition) is 2. The number of nitrogen functional groups attached to an aromatic ring is 1. The topological polar surface area (TPSA) is 58.4 Å². The van der Waals surface area contributed by atoms with Crippen LogP contribution in [0.1, 0.15) is 23.3 Å². The van der Waals surface area contributed by atoms with Crippen LogP contribution in [0.15, 0.2) is 29.6 Å². The van der Waals surface area contributed by atoms with Gasteiger partial charge in [0.05, 0.1) is 10.7 Å². The molecule has 1 aliphatic rings. The Labute approximate surface area is 145 Å². The van der Waals surface area contributed by atoms with Crippen molar-refractivity contribution in [2.24, 2.45) is 0 Å². The minimum absolute atomic E-state index is 0.00935. The van der Waals surface area contributed by atoms with Crippen LogP contribution in [0.25, 0.3) is 0 Å². The minimum atomic E-state index is -0.00935. The number of nitrogens with one attached hydrogen (secondary N) is 1. The van der Waals surface area contributed by atoms with Gasteiger partial charge in [-0.1, -0.05) is 11.6 Å². The molecule has 0 saturated carbocycles. The average molecular weight is 350 g/mol. The van der Waals surface area contributed by atoms with E-state index in [-0.39, 0.29) is 5.91 Å². The summed E-state index contributed by atoms with van der Waals surface area (Å²) in [5, 5.41) is 5.48. The van der Waals surface area contributed by atoms with E-state index in [1.807, 2.05) is 11.3 Å². The van der Waals surface area contributed by atoms with Crippen LogP contribution in [0.4, 0.5) is 11.4 Å². The SMILES string of the molecule is Nc1ccc(NC(=O)CCCN2CCc3sccc3C2)c(Cl)c1. The fourth-order valence-corrected chi connectivity index (χ4v) is 3.93. The minimum Gasteiger partial charge on any atom is -0.399 e. The first-order chi connectivity index (χ1) is 11.1. The standard InChI is InChI=1S/C17H20ClN3OS/c18-14-10-13(19)3-4-15(14)20-17(22)2-1-7-21-8-5-16-12(11-21)6-9-23-16/h3-4,6,9-10H,1-2,5,7-8,11,19H2,(H,20,22). The second kappa shape index (κ2) is 7.34. The number of carbonyl (C=O) groups is 1.